The lowest BCUT2D eigenvalue weighted by molar-refractivity contribution is 0.104. The van der Waals surface area contributed by atoms with Crippen LogP contribution in [0.1, 0.15) is 33.8 Å². The number of hydrogen-bond donors (Lipinski definition) is 0. The molecule has 0 saturated heterocycles. The molecule has 1 aromatic carbocycles. The fraction of sp³-hybridized carbons (Fsp3) is 0.286. The molecular weight excluding hydrogens is 246 g/mol. The second kappa shape index (κ2) is 4.53. The maximum Gasteiger partial charge on any atom is 0.204 e. The Kier molecular flexibility index (Phi) is 2.88. The molecule has 0 atom stereocenters. The second-order valence-corrected chi connectivity index (χ2v) is 5.30. The van der Waals surface area contributed by atoms with Crippen molar-refractivity contribution in [2.45, 2.75) is 25.9 Å². The van der Waals surface area contributed by atoms with Gasteiger partial charge in [0, 0.05) is 5.56 Å². The van der Waals surface area contributed by atoms with Crippen molar-refractivity contribution in [2.75, 3.05) is 0 Å². The van der Waals surface area contributed by atoms with Gasteiger partial charge in [-0.1, -0.05) is 12.1 Å². The molecule has 18 heavy (non-hydrogen) atoms. The van der Waals surface area contributed by atoms with Crippen LogP contribution in [0.2, 0.25) is 0 Å². The maximum absolute atomic E-state index is 12.3. The first kappa shape index (κ1) is 11.4. The van der Waals surface area contributed by atoms with E-state index in [1.165, 1.54) is 11.3 Å². The van der Waals surface area contributed by atoms with E-state index in [-0.39, 0.29) is 5.78 Å². The predicted octanol–water partition coefficient (Wildman–Crippen LogP) is 3.22. The molecular formula is C14H13NO2S. The molecule has 0 bridgehead atoms. The van der Waals surface area contributed by atoms with Crippen molar-refractivity contribution in [3.8, 4) is 5.75 Å². The standard InChI is InChI=1S/C14H13NO2S/c1-9-14(18-8-15-9)13(16)10-3-2-4-12(7-10)17-11-5-6-11/h2-4,7-8,11H,5-6H2,1H3. The number of ketones is 1. The number of nitrogens with zero attached hydrogens (tertiary/aromatic N) is 1. The highest BCUT2D eigenvalue weighted by molar-refractivity contribution is 7.12. The zero-order valence-electron chi connectivity index (χ0n) is 10.1. The fourth-order valence-corrected chi connectivity index (χ4v) is 2.50. The summed E-state index contributed by atoms with van der Waals surface area (Å²) in [6.07, 6.45) is 2.58. The average molecular weight is 259 g/mol. The number of ether oxygens (including phenoxy) is 1. The van der Waals surface area contributed by atoms with Gasteiger partial charge in [-0.25, -0.2) is 4.98 Å². The summed E-state index contributed by atoms with van der Waals surface area (Å²) < 4.78 is 5.70. The summed E-state index contributed by atoms with van der Waals surface area (Å²) in [6.45, 7) is 1.86. The zero-order valence-corrected chi connectivity index (χ0v) is 10.9. The molecule has 1 aliphatic rings. The first-order valence-electron chi connectivity index (χ1n) is 5.95. The number of carbonyl (C=O) groups excluding carboxylic acids is 1. The second-order valence-electron chi connectivity index (χ2n) is 4.44. The topological polar surface area (TPSA) is 39.2 Å². The molecule has 0 radical (unpaired) electrons. The van der Waals surface area contributed by atoms with Crippen molar-refractivity contribution in [3.63, 3.8) is 0 Å². The Balaban J connectivity index is 1.87. The summed E-state index contributed by atoms with van der Waals surface area (Å²) in [6, 6.07) is 7.40. The van der Waals surface area contributed by atoms with Crippen LogP contribution in [0.3, 0.4) is 0 Å². The van der Waals surface area contributed by atoms with Gasteiger partial charge in [0.05, 0.1) is 22.2 Å². The van der Waals surface area contributed by atoms with Gasteiger partial charge >= 0.3 is 0 Å². The molecule has 3 nitrogen and oxygen atoms in total. The Hall–Kier alpha value is -1.68. The summed E-state index contributed by atoms with van der Waals surface area (Å²) in [7, 11) is 0. The minimum Gasteiger partial charge on any atom is -0.490 e. The van der Waals surface area contributed by atoms with E-state index in [9.17, 15) is 4.79 Å². The van der Waals surface area contributed by atoms with E-state index in [1.54, 1.807) is 5.51 Å². The van der Waals surface area contributed by atoms with E-state index in [4.69, 9.17) is 4.74 Å². The predicted molar refractivity (Wildman–Crippen MR) is 70.4 cm³/mol. The normalized spacial score (nSPS) is 14.5. The summed E-state index contributed by atoms with van der Waals surface area (Å²) >= 11 is 1.38. The van der Waals surface area contributed by atoms with E-state index in [2.05, 4.69) is 4.98 Å². The Morgan fingerprint density at radius 2 is 2.28 bits per heavy atom. The zero-order chi connectivity index (χ0) is 12.5. The van der Waals surface area contributed by atoms with Crippen molar-refractivity contribution < 1.29 is 9.53 Å². The lowest BCUT2D eigenvalue weighted by Crippen LogP contribution is -2.02. The van der Waals surface area contributed by atoms with Gasteiger partial charge in [0.25, 0.3) is 0 Å². The molecule has 0 aliphatic heterocycles. The van der Waals surface area contributed by atoms with Gasteiger partial charge in [-0.3, -0.25) is 4.79 Å². The minimum atomic E-state index is 0.0243. The van der Waals surface area contributed by atoms with Crippen molar-refractivity contribution >= 4 is 17.1 Å². The van der Waals surface area contributed by atoms with Gasteiger partial charge in [-0.05, 0) is 31.9 Å². The number of aromatic nitrogens is 1. The molecule has 1 aliphatic carbocycles. The fourth-order valence-electron chi connectivity index (χ4n) is 1.74. The highest BCUT2D eigenvalue weighted by Crippen LogP contribution is 2.28. The number of benzene rings is 1. The molecule has 3 rings (SSSR count). The van der Waals surface area contributed by atoms with Crippen LogP contribution in [-0.4, -0.2) is 16.9 Å². The lowest BCUT2D eigenvalue weighted by Gasteiger charge is -2.05. The molecule has 0 spiro atoms. The van der Waals surface area contributed by atoms with Gasteiger partial charge in [0.2, 0.25) is 5.78 Å². The van der Waals surface area contributed by atoms with E-state index in [1.807, 2.05) is 31.2 Å². The third kappa shape index (κ3) is 2.29. The number of rotatable bonds is 4. The van der Waals surface area contributed by atoms with Crippen molar-refractivity contribution in [1.82, 2.24) is 4.98 Å². The quantitative estimate of drug-likeness (QED) is 0.791. The number of aryl methyl sites for hydroxylation is 1. The van der Waals surface area contributed by atoms with Gasteiger partial charge in [0.1, 0.15) is 5.75 Å². The number of thiazole rings is 1. The van der Waals surface area contributed by atoms with Crippen molar-refractivity contribution in [1.29, 1.82) is 0 Å². The highest BCUT2D eigenvalue weighted by Gasteiger charge is 2.24. The van der Waals surface area contributed by atoms with Crippen LogP contribution in [0.15, 0.2) is 29.8 Å². The van der Waals surface area contributed by atoms with Gasteiger partial charge in [-0.2, -0.15) is 0 Å². The summed E-state index contributed by atoms with van der Waals surface area (Å²) in [5, 5.41) is 0. The van der Waals surface area contributed by atoms with Crippen LogP contribution in [-0.2, 0) is 0 Å². The largest absolute Gasteiger partial charge is 0.490 e. The lowest BCUT2D eigenvalue weighted by atomic mass is 10.1. The van der Waals surface area contributed by atoms with Crippen LogP contribution in [0, 0.1) is 6.92 Å². The van der Waals surface area contributed by atoms with E-state index in [0.717, 1.165) is 24.3 Å². The average Bonchev–Trinajstić information content (AvgIpc) is 3.08. The molecule has 0 N–H and O–H groups in total. The molecule has 1 aromatic heterocycles. The van der Waals surface area contributed by atoms with E-state index >= 15 is 0 Å². The van der Waals surface area contributed by atoms with Crippen LogP contribution in [0.25, 0.3) is 0 Å². The Morgan fingerprint density at radius 3 is 2.94 bits per heavy atom. The number of carbonyl (C=O) groups is 1. The smallest absolute Gasteiger partial charge is 0.204 e. The Bertz CT molecular complexity index is 587. The summed E-state index contributed by atoms with van der Waals surface area (Å²) in [5.41, 5.74) is 3.16. The Morgan fingerprint density at radius 1 is 1.44 bits per heavy atom. The van der Waals surface area contributed by atoms with Crippen LogP contribution in [0.5, 0.6) is 5.75 Å². The molecule has 4 heteroatoms. The van der Waals surface area contributed by atoms with Crippen LogP contribution < -0.4 is 4.74 Å². The Labute approximate surface area is 109 Å². The van der Waals surface area contributed by atoms with E-state index < -0.39 is 0 Å². The molecule has 0 amide bonds. The molecule has 92 valence electrons. The van der Waals surface area contributed by atoms with Crippen LogP contribution >= 0.6 is 11.3 Å². The van der Waals surface area contributed by atoms with Gasteiger partial charge in [-0.15, -0.1) is 11.3 Å². The summed E-state index contributed by atoms with van der Waals surface area (Å²) in [4.78, 5) is 17.1. The maximum atomic E-state index is 12.3. The van der Waals surface area contributed by atoms with Gasteiger partial charge < -0.3 is 4.74 Å². The van der Waals surface area contributed by atoms with Crippen molar-refractivity contribution in [3.05, 3.63) is 45.9 Å². The molecule has 2 aromatic rings. The third-order valence-corrected chi connectivity index (χ3v) is 3.80. The highest BCUT2D eigenvalue weighted by atomic mass is 32.1. The SMILES string of the molecule is Cc1ncsc1C(=O)c1cccc(OC2CC2)c1. The molecule has 0 unspecified atom stereocenters. The van der Waals surface area contributed by atoms with E-state index in [0.29, 0.717) is 16.5 Å². The molecule has 1 saturated carbocycles. The minimum absolute atomic E-state index is 0.0243. The first-order chi connectivity index (χ1) is 8.74. The van der Waals surface area contributed by atoms with Crippen molar-refractivity contribution in [2.24, 2.45) is 0 Å². The molecule has 1 heterocycles. The first-order valence-corrected chi connectivity index (χ1v) is 6.83. The van der Waals surface area contributed by atoms with Gasteiger partial charge in [0.15, 0.2) is 0 Å². The third-order valence-electron chi connectivity index (χ3n) is 2.88. The molecule has 1 fully saturated rings. The summed E-state index contributed by atoms with van der Waals surface area (Å²) in [5.74, 6) is 0.807. The number of hydrogen-bond acceptors (Lipinski definition) is 4. The monoisotopic (exact) mass is 259 g/mol. The van der Waals surface area contributed by atoms with Crippen LogP contribution in [0.4, 0.5) is 0 Å².